The van der Waals surface area contributed by atoms with Gasteiger partial charge in [0.25, 0.3) is 0 Å². The Morgan fingerprint density at radius 2 is 2.17 bits per heavy atom. The van der Waals surface area contributed by atoms with Crippen molar-refractivity contribution in [3.8, 4) is 0 Å². The van der Waals surface area contributed by atoms with Crippen molar-refractivity contribution in [3.63, 3.8) is 0 Å². The van der Waals surface area contributed by atoms with E-state index >= 15 is 0 Å². The van der Waals surface area contributed by atoms with Crippen LogP contribution in [-0.2, 0) is 10.0 Å². The molecule has 72 valence electrons. The van der Waals surface area contributed by atoms with Crippen LogP contribution in [0.2, 0.25) is 0 Å². The Morgan fingerprint density at radius 1 is 1.58 bits per heavy atom. The van der Waals surface area contributed by atoms with Gasteiger partial charge in [0.1, 0.15) is 0 Å². The summed E-state index contributed by atoms with van der Waals surface area (Å²) in [6, 6.07) is 0. The average Bonchev–Trinajstić information content (AvgIpc) is 2.27. The van der Waals surface area contributed by atoms with Crippen molar-refractivity contribution in [3.05, 3.63) is 0 Å². The van der Waals surface area contributed by atoms with Crippen molar-refractivity contribution in [2.24, 2.45) is 5.92 Å². The van der Waals surface area contributed by atoms with Crippen LogP contribution in [0.25, 0.3) is 0 Å². The smallest absolute Gasteiger partial charge is 0.212 e. The molecular weight excluding hydrogens is 174 g/mol. The fraction of sp³-hybridized carbons (Fsp3) is 1.00. The minimum atomic E-state index is -2.94. The Balaban J connectivity index is 2.82. The molecule has 2 atom stereocenters. The molecule has 1 aliphatic heterocycles. The van der Waals surface area contributed by atoms with E-state index in [0.717, 1.165) is 12.8 Å². The number of nitrogens with zero attached hydrogens (tertiary/aromatic N) is 1. The molecule has 0 saturated carbocycles. The van der Waals surface area contributed by atoms with Crippen LogP contribution in [0.4, 0.5) is 0 Å². The van der Waals surface area contributed by atoms with Crippen LogP contribution >= 0.6 is 0 Å². The lowest BCUT2D eigenvalue weighted by Crippen LogP contribution is -2.29. The molecule has 0 spiro atoms. The monoisotopic (exact) mass is 191 g/mol. The largest absolute Gasteiger partial charge is 0.217 e. The van der Waals surface area contributed by atoms with Crippen molar-refractivity contribution < 1.29 is 8.42 Å². The van der Waals surface area contributed by atoms with Gasteiger partial charge in [-0.2, -0.15) is 0 Å². The minimum Gasteiger partial charge on any atom is -0.212 e. The molecule has 1 aliphatic rings. The lowest BCUT2D eigenvalue weighted by molar-refractivity contribution is 0.497. The quantitative estimate of drug-likeness (QED) is 0.654. The third-order valence-electron chi connectivity index (χ3n) is 2.82. The van der Waals surface area contributed by atoms with Gasteiger partial charge in [0.05, 0.1) is 5.25 Å². The average molecular weight is 191 g/mol. The summed E-state index contributed by atoms with van der Waals surface area (Å²) in [6.45, 7) is 4.75. The molecule has 4 heteroatoms. The number of rotatable bonds is 2. The highest BCUT2D eigenvalue weighted by Gasteiger charge is 2.38. The van der Waals surface area contributed by atoms with Crippen LogP contribution in [-0.4, -0.2) is 31.6 Å². The fourth-order valence-corrected chi connectivity index (χ4v) is 3.66. The summed E-state index contributed by atoms with van der Waals surface area (Å²) in [5.41, 5.74) is 0. The minimum absolute atomic E-state index is 0.132. The van der Waals surface area contributed by atoms with Crippen molar-refractivity contribution in [1.82, 2.24) is 4.31 Å². The lowest BCUT2D eigenvalue weighted by Gasteiger charge is -2.17. The topological polar surface area (TPSA) is 37.4 Å². The van der Waals surface area contributed by atoms with Crippen LogP contribution in [0.1, 0.15) is 26.7 Å². The molecule has 2 unspecified atom stereocenters. The highest BCUT2D eigenvalue weighted by molar-refractivity contribution is 7.90. The Hall–Kier alpha value is -0.0900. The predicted octanol–water partition coefficient (Wildman–Crippen LogP) is 1.07. The zero-order valence-electron chi connectivity index (χ0n) is 7.95. The first-order chi connectivity index (χ1) is 5.50. The Labute approximate surface area is 74.8 Å². The molecule has 0 aromatic rings. The van der Waals surface area contributed by atoms with Gasteiger partial charge < -0.3 is 0 Å². The van der Waals surface area contributed by atoms with Crippen LogP contribution in [0, 0.1) is 5.92 Å². The zero-order valence-corrected chi connectivity index (χ0v) is 8.76. The molecule has 1 heterocycles. The van der Waals surface area contributed by atoms with Crippen LogP contribution < -0.4 is 0 Å². The van der Waals surface area contributed by atoms with Gasteiger partial charge in [-0.25, -0.2) is 12.7 Å². The first-order valence-electron chi connectivity index (χ1n) is 4.45. The summed E-state index contributed by atoms with van der Waals surface area (Å²) >= 11 is 0. The van der Waals surface area contributed by atoms with Crippen molar-refractivity contribution in [2.75, 3.05) is 13.6 Å². The molecule has 1 saturated heterocycles. The van der Waals surface area contributed by atoms with E-state index in [9.17, 15) is 8.42 Å². The van der Waals surface area contributed by atoms with E-state index in [0.29, 0.717) is 12.5 Å². The predicted molar refractivity (Wildman–Crippen MR) is 49.4 cm³/mol. The normalized spacial score (nSPS) is 32.1. The lowest BCUT2D eigenvalue weighted by atomic mass is 10.0. The van der Waals surface area contributed by atoms with Gasteiger partial charge in [0, 0.05) is 13.6 Å². The van der Waals surface area contributed by atoms with Gasteiger partial charge in [-0.3, -0.25) is 0 Å². The SMILES string of the molecule is CCC(C)C1CCN(C)S1(=O)=O. The summed E-state index contributed by atoms with van der Waals surface area (Å²) in [7, 11) is -1.28. The van der Waals surface area contributed by atoms with Crippen molar-refractivity contribution in [1.29, 1.82) is 0 Å². The first kappa shape index (κ1) is 9.99. The molecule has 1 fully saturated rings. The fourth-order valence-electron chi connectivity index (χ4n) is 1.66. The standard InChI is InChI=1S/C8H17NO2S/c1-4-7(2)8-5-6-9(3)12(8,10)11/h7-8H,4-6H2,1-3H3. The van der Waals surface area contributed by atoms with E-state index in [2.05, 4.69) is 0 Å². The van der Waals surface area contributed by atoms with E-state index < -0.39 is 10.0 Å². The molecule has 0 amide bonds. The summed E-state index contributed by atoms with van der Waals surface area (Å²) < 4.78 is 24.7. The second-order valence-corrected chi connectivity index (χ2v) is 5.84. The van der Waals surface area contributed by atoms with Crippen LogP contribution in [0.5, 0.6) is 0 Å². The molecule has 0 N–H and O–H groups in total. The third-order valence-corrected chi connectivity index (χ3v) is 5.34. The van der Waals surface area contributed by atoms with Gasteiger partial charge in [-0.1, -0.05) is 20.3 Å². The van der Waals surface area contributed by atoms with Gasteiger partial charge in [-0.15, -0.1) is 0 Å². The number of hydrogen-bond donors (Lipinski definition) is 0. The number of hydrogen-bond acceptors (Lipinski definition) is 2. The Bertz CT molecular complexity index is 248. The van der Waals surface area contributed by atoms with Gasteiger partial charge in [0.15, 0.2) is 0 Å². The second kappa shape index (κ2) is 3.34. The summed E-state index contributed by atoms with van der Waals surface area (Å²) in [5, 5.41) is -0.132. The highest BCUT2D eigenvalue weighted by Crippen LogP contribution is 2.27. The summed E-state index contributed by atoms with van der Waals surface area (Å²) in [4.78, 5) is 0. The zero-order chi connectivity index (χ0) is 9.35. The molecule has 0 aliphatic carbocycles. The van der Waals surface area contributed by atoms with Crippen LogP contribution in [0.3, 0.4) is 0 Å². The first-order valence-corrected chi connectivity index (χ1v) is 5.95. The molecule has 0 bridgehead atoms. The molecule has 3 nitrogen and oxygen atoms in total. The van der Waals surface area contributed by atoms with E-state index in [-0.39, 0.29) is 5.25 Å². The molecule has 0 aromatic carbocycles. The summed E-state index contributed by atoms with van der Waals surface area (Å²) in [5.74, 6) is 0.292. The second-order valence-electron chi connectivity index (χ2n) is 3.58. The van der Waals surface area contributed by atoms with Crippen molar-refractivity contribution in [2.45, 2.75) is 31.9 Å². The van der Waals surface area contributed by atoms with Crippen molar-refractivity contribution >= 4 is 10.0 Å². The Morgan fingerprint density at radius 3 is 2.50 bits per heavy atom. The molecule has 12 heavy (non-hydrogen) atoms. The molecule has 0 radical (unpaired) electrons. The molecule has 0 aromatic heterocycles. The highest BCUT2D eigenvalue weighted by atomic mass is 32.2. The maximum absolute atomic E-state index is 11.6. The van der Waals surface area contributed by atoms with E-state index in [4.69, 9.17) is 0 Å². The summed E-state index contributed by atoms with van der Waals surface area (Å²) in [6.07, 6.45) is 1.74. The van der Waals surface area contributed by atoms with E-state index in [1.807, 2.05) is 13.8 Å². The van der Waals surface area contributed by atoms with Gasteiger partial charge in [0.2, 0.25) is 10.0 Å². The maximum Gasteiger partial charge on any atom is 0.217 e. The van der Waals surface area contributed by atoms with E-state index in [1.54, 1.807) is 7.05 Å². The maximum atomic E-state index is 11.6. The molecular formula is C8H17NO2S. The third kappa shape index (κ3) is 1.50. The van der Waals surface area contributed by atoms with Gasteiger partial charge in [-0.05, 0) is 12.3 Å². The molecule has 1 rings (SSSR count). The van der Waals surface area contributed by atoms with Gasteiger partial charge >= 0.3 is 0 Å². The van der Waals surface area contributed by atoms with E-state index in [1.165, 1.54) is 4.31 Å². The van der Waals surface area contributed by atoms with Crippen LogP contribution in [0.15, 0.2) is 0 Å². The number of sulfonamides is 1. The Kier molecular flexibility index (Phi) is 2.78.